The van der Waals surface area contributed by atoms with Gasteiger partial charge >= 0.3 is 0 Å². The molecule has 2 unspecified atom stereocenters. The molecule has 0 fully saturated rings. The topological polar surface area (TPSA) is 98.7 Å². The molecule has 0 aliphatic carbocycles. The number of aliphatic hydroxyl groups excluding tert-OH is 1. The molecule has 0 rings (SSSR count). The molecule has 7 nitrogen and oxygen atoms in total. The minimum atomic E-state index is -0.414. The smallest absolute Gasteiger partial charge is 0.239 e. The predicted molar refractivity (Wildman–Crippen MR) is 93.3 cm³/mol. The van der Waals surface area contributed by atoms with Gasteiger partial charge in [0.25, 0.3) is 0 Å². The molecule has 0 saturated carbocycles. The first-order chi connectivity index (χ1) is 11.3. The summed E-state index contributed by atoms with van der Waals surface area (Å²) < 4.78 is 0. The van der Waals surface area contributed by atoms with Crippen LogP contribution in [0.3, 0.4) is 0 Å². The van der Waals surface area contributed by atoms with Crippen LogP contribution < -0.4 is 10.6 Å². The monoisotopic (exact) mass is 343 g/mol. The highest BCUT2D eigenvalue weighted by Gasteiger charge is 2.15. The van der Waals surface area contributed by atoms with Crippen molar-refractivity contribution in [2.45, 2.75) is 71.9 Å². The summed E-state index contributed by atoms with van der Waals surface area (Å²) in [5, 5.41) is 14.7. The number of hydrogen-bond acceptors (Lipinski definition) is 4. The highest BCUT2D eigenvalue weighted by atomic mass is 16.3. The van der Waals surface area contributed by atoms with Crippen molar-refractivity contribution in [1.82, 2.24) is 15.5 Å². The molecule has 24 heavy (non-hydrogen) atoms. The van der Waals surface area contributed by atoms with E-state index >= 15 is 0 Å². The Labute approximate surface area is 145 Å². The number of nitrogens with zero attached hydrogens (tertiary/aromatic N) is 1. The van der Waals surface area contributed by atoms with Gasteiger partial charge in [-0.2, -0.15) is 0 Å². The van der Waals surface area contributed by atoms with Crippen molar-refractivity contribution in [3.63, 3.8) is 0 Å². The summed E-state index contributed by atoms with van der Waals surface area (Å²) in [7, 11) is 0. The first-order valence-corrected chi connectivity index (χ1v) is 8.81. The molecule has 2 atom stereocenters. The molecule has 0 aromatic carbocycles. The van der Waals surface area contributed by atoms with Gasteiger partial charge in [0.1, 0.15) is 0 Å². The third-order valence-electron chi connectivity index (χ3n) is 3.70. The Morgan fingerprint density at radius 3 is 2.29 bits per heavy atom. The molecular formula is C17H33N3O4. The van der Waals surface area contributed by atoms with Gasteiger partial charge in [-0.25, -0.2) is 0 Å². The van der Waals surface area contributed by atoms with E-state index in [2.05, 4.69) is 10.6 Å². The van der Waals surface area contributed by atoms with E-state index in [-0.39, 0.29) is 30.3 Å². The maximum atomic E-state index is 11.9. The van der Waals surface area contributed by atoms with Gasteiger partial charge in [-0.05, 0) is 40.0 Å². The summed E-state index contributed by atoms with van der Waals surface area (Å²) in [6, 6.07) is -0.0433. The lowest BCUT2D eigenvalue weighted by Crippen LogP contribution is -2.43. The molecule has 0 aromatic rings. The van der Waals surface area contributed by atoms with Gasteiger partial charge in [0.2, 0.25) is 17.7 Å². The largest absolute Gasteiger partial charge is 0.393 e. The maximum Gasteiger partial charge on any atom is 0.239 e. The first kappa shape index (κ1) is 22.4. The summed E-state index contributed by atoms with van der Waals surface area (Å²) in [5.74, 6) is -0.249. The summed E-state index contributed by atoms with van der Waals surface area (Å²) >= 11 is 0. The van der Waals surface area contributed by atoms with Crippen molar-refractivity contribution in [3.8, 4) is 0 Å². The molecule has 0 aliphatic heterocycles. The predicted octanol–water partition coefficient (Wildman–Crippen LogP) is 0.807. The van der Waals surface area contributed by atoms with E-state index in [4.69, 9.17) is 5.11 Å². The van der Waals surface area contributed by atoms with Crippen molar-refractivity contribution in [2.75, 3.05) is 19.6 Å². The lowest BCUT2D eigenvalue weighted by Gasteiger charge is -2.21. The lowest BCUT2D eigenvalue weighted by molar-refractivity contribution is -0.135. The van der Waals surface area contributed by atoms with Crippen LogP contribution in [0.1, 0.15) is 59.8 Å². The zero-order valence-corrected chi connectivity index (χ0v) is 15.4. The Kier molecular flexibility index (Phi) is 11.9. The number of hydrogen-bond donors (Lipinski definition) is 3. The van der Waals surface area contributed by atoms with Crippen LogP contribution in [0, 0.1) is 0 Å². The van der Waals surface area contributed by atoms with Gasteiger partial charge in [-0.3, -0.25) is 14.4 Å². The first-order valence-electron chi connectivity index (χ1n) is 8.81. The van der Waals surface area contributed by atoms with E-state index in [1.807, 2.05) is 13.8 Å². The lowest BCUT2D eigenvalue weighted by atomic mass is 10.1. The second-order valence-electron chi connectivity index (χ2n) is 6.11. The number of aliphatic hydroxyl groups is 1. The highest BCUT2D eigenvalue weighted by molar-refractivity contribution is 5.84. The normalized spacial score (nSPS) is 13.0. The molecule has 0 radical (unpaired) electrons. The molecule has 0 bridgehead atoms. The average molecular weight is 343 g/mol. The second kappa shape index (κ2) is 12.8. The standard InChI is InChI=1S/C17H33N3O4/c1-5-17(24)20(6-2)12-16(23)19-13(3)8-7-9-15(22)18-11-10-14(4)21/h13-14,21H,5-12H2,1-4H3,(H,18,22)(H,19,23). The quantitative estimate of drug-likeness (QED) is 0.488. The molecule has 0 heterocycles. The Hall–Kier alpha value is -1.63. The van der Waals surface area contributed by atoms with Crippen LogP contribution in [0.5, 0.6) is 0 Å². The number of carbonyl (C=O) groups excluding carboxylic acids is 3. The molecule has 140 valence electrons. The summed E-state index contributed by atoms with van der Waals surface area (Å²) in [6.07, 6.45) is 2.29. The molecule has 7 heteroatoms. The second-order valence-corrected chi connectivity index (χ2v) is 6.11. The average Bonchev–Trinajstić information content (AvgIpc) is 2.51. The fraction of sp³-hybridized carbons (Fsp3) is 0.824. The molecule has 0 saturated heterocycles. The maximum absolute atomic E-state index is 11.9. The molecule has 3 N–H and O–H groups in total. The number of amides is 3. The van der Waals surface area contributed by atoms with Crippen LogP contribution in [0.4, 0.5) is 0 Å². The van der Waals surface area contributed by atoms with Gasteiger partial charge in [0.15, 0.2) is 0 Å². The van der Waals surface area contributed by atoms with Gasteiger partial charge < -0.3 is 20.6 Å². The van der Waals surface area contributed by atoms with Crippen LogP contribution in [-0.2, 0) is 14.4 Å². The van der Waals surface area contributed by atoms with Gasteiger partial charge in [0.05, 0.1) is 12.6 Å². The summed E-state index contributed by atoms with van der Waals surface area (Å²) in [4.78, 5) is 36.7. The number of likely N-dealkylation sites (N-methyl/N-ethyl adjacent to an activating group) is 1. The van der Waals surface area contributed by atoms with E-state index in [0.29, 0.717) is 45.2 Å². The fourth-order valence-corrected chi connectivity index (χ4v) is 2.24. The van der Waals surface area contributed by atoms with Crippen LogP contribution in [0.25, 0.3) is 0 Å². The molecule has 3 amide bonds. The van der Waals surface area contributed by atoms with Crippen LogP contribution in [-0.4, -0.2) is 59.5 Å². The van der Waals surface area contributed by atoms with E-state index in [1.54, 1.807) is 13.8 Å². The van der Waals surface area contributed by atoms with Crippen molar-refractivity contribution >= 4 is 17.7 Å². The van der Waals surface area contributed by atoms with Gasteiger partial charge in [0, 0.05) is 32.0 Å². The van der Waals surface area contributed by atoms with Crippen LogP contribution >= 0.6 is 0 Å². The molecule has 0 spiro atoms. The van der Waals surface area contributed by atoms with Gasteiger partial charge in [-0.1, -0.05) is 6.92 Å². The van der Waals surface area contributed by atoms with E-state index in [0.717, 1.165) is 0 Å². The van der Waals surface area contributed by atoms with Gasteiger partial charge in [-0.15, -0.1) is 0 Å². The summed E-state index contributed by atoms with van der Waals surface area (Å²) in [5.41, 5.74) is 0. The molecule has 0 aromatic heterocycles. The summed E-state index contributed by atoms with van der Waals surface area (Å²) in [6.45, 7) is 8.26. The minimum Gasteiger partial charge on any atom is -0.393 e. The Balaban J connectivity index is 3.92. The van der Waals surface area contributed by atoms with E-state index in [1.165, 1.54) is 4.90 Å². The van der Waals surface area contributed by atoms with Crippen molar-refractivity contribution in [2.24, 2.45) is 0 Å². The molecule has 0 aliphatic rings. The fourth-order valence-electron chi connectivity index (χ4n) is 2.24. The third-order valence-corrected chi connectivity index (χ3v) is 3.70. The third kappa shape index (κ3) is 11.0. The van der Waals surface area contributed by atoms with E-state index in [9.17, 15) is 14.4 Å². The van der Waals surface area contributed by atoms with Crippen LogP contribution in [0.2, 0.25) is 0 Å². The van der Waals surface area contributed by atoms with Crippen molar-refractivity contribution < 1.29 is 19.5 Å². The number of nitrogens with one attached hydrogen (secondary N) is 2. The molecular weight excluding hydrogens is 310 g/mol. The SMILES string of the molecule is CCC(=O)N(CC)CC(=O)NC(C)CCCC(=O)NCCC(C)O. The Bertz CT molecular complexity index is 399. The number of carbonyl (C=O) groups is 3. The zero-order valence-electron chi connectivity index (χ0n) is 15.4. The number of rotatable bonds is 12. The van der Waals surface area contributed by atoms with Crippen molar-refractivity contribution in [3.05, 3.63) is 0 Å². The van der Waals surface area contributed by atoms with E-state index < -0.39 is 6.10 Å². The minimum absolute atomic E-state index is 0.0332. The van der Waals surface area contributed by atoms with Crippen molar-refractivity contribution in [1.29, 1.82) is 0 Å². The Morgan fingerprint density at radius 1 is 1.08 bits per heavy atom. The highest BCUT2D eigenvalue weighted by Crippen LogP contribution is 2.01. The zero-order chi connectivity index (χ0) is 18.5. The Morgan fingerprint density at radius 2 is 1.75 bits per heavy atom. The van der Waals surface area contributed by atoms with Crippen LogP contribution in [0.15, 0.2) is 0 Å².